The molecular formula is C16H25NO. The Morgan fingerprint density at radius 1 is 1.44 bits per heavy atom. The number of rotatable bonds is 5. The van der Waals surface area contributed by atoms with Gasteiger partial charge in [-0.15, -0.1) is 0 Å². The van der Waals surface area contributed by atoms with Crippen LogP contribution in [0.2, 0.25) is 0 Å². The largest absolute Gasteiger partial charge is 0.497 e. The summed E-state index contributed by atoms with van der Waals surface area (Å²) in [6.45, 7) is 6.88. The SMILES string of the molecule is CC[C@@H](C)C[C@@]1(c2cccc(OC)c2)CCNC1. The van der Waals surface area contributed by atoms with E-state index in [0.717, 1.165) is 24.8 Å². The van der Waals surface area contributed by atoms with E-state index in [2.05, 4.69) is 37.4 Å². The highest BCUT2D eigenvalue weighted by atomic mass is 16.5. The maximum absolute atomic E-state index is 5.37. The first-order valence-corrected chi connectivity index (χ1v) is 7.05. The first-order valence-electron chi connectivity index (χ1n) is 7.05. The van der Waals surface area contributed by atoms with Gasteiger partial charge < -0.3 is 10.1 Å². The van der Waals surface area contributed by atoms with E-state index in [0.29, 0.717) is 5.41 Å². The molecule has 0 radical (unpaired) electrons. The molecule has 1 aliphatic rings. The molecule has 100 valence electrons. The van der Waals surface area contributed by atoms with Crippen LogP contribution in [0.3, 0.4) is 0 Å². The lowest BCUT2D eigenvalue weighted by Crippen LogP contribution is -2.31. The van der Waals surface area contributed by atoms with Crippen LogP contribution in [0, 0.1) is 5.92 Å². The van der Waals surface area contributed by atoms with E-state index < -0.39 is 0 Å². The van der Waals surface area contributed by atoms with Crippen LogP contribution in [0.5, 0.6) is 5.75 Å². The van der Waals surface area contributed by atoms with Gasteiger partial charge in [0.25, 0.3) is 0 Å². The molecule has 1 aliphatic heterocycles. The lowest BCUT2D eigenvalue weighted by Gasteiger charge is -2.32. The number of nitrogens with one attached hydrogen (secondary N) is 1. The quantitative estimate of drug-likeness (QED) is 0.861. The fourth-order valence-corrected chi connectivity index (χ4v) is 3.05. The van der Waals surface area contributed by atoms with Gasteiger partial charge in [0.05, 0.1) is 7.11 Å². The molecule has 1 aromatic rings. The minimum atomic E-state index is 0.309. The van der Waals surface area contributed by atoms with Gasteiger partial charge in [0.15, 0.2) is 0 Å². The third kappa shape index (κ3) is 2.69. The standard InChI is InChI=1S/C16H25NO/c1-4-13(2)11-16(8-9-17-12-16)14-6-5-7-15(10-14)18-3/h5-7,10,13,17H,4,8-9,11-12H2,1-3H3/t13-,16+/m1/s1. The minimum Gasteiger partial charge on any atom is -0.497 e. The number of hydrogen-bond acceptors (Lipinski definition) is 2. The Balaban J connectivity index is 2.28. The molecule has 0 bridgehead atoms. The van der Waals surface area contributed by atoms with Crippen molar-refractivity contribution in [1.29, 1.82) is 0 Å². The summed E-state index contributed by atoms with van der Waals surface area (Å²) >= 11 is 0. The van der Waals surface area contributed by atoms with Crippen molar-refractivity contribution in [3.05, 3.63) is 29.8 Å². The number of benzene rings is 1. The highest BCUT2D eigenvalue weighted by Crippen LogP contribution is 2.38. The van der Waals surface area contributed by atoms with Crippen molar-refractivity contribution in [3.63, 3.8) is 0 Å². The van der Waals surface area contributed by atoms with Crippen LogP contribution < -0.4 is 10.1 Å². The van der Waals surface area contributed by atoms with Crippen molar-refractivity contribution in [1.82, 2.24) is 5.32 Å². The van der Waals surface area contributed by atoms with Gasteiger partial charge in [-0.25, -0.2) is 0 Å². The van der Waals surface area contributed by atoms with Gasteiger partial charge in [0, 0.05) is 12.0 Å². The van der Waals surface area contributed by atoms with Crippen molar-refractivity contribution < 1.29 is 4.74 Å². The molecule has 0 saturated carbocycles. The summed E-state index contributed by atoms with van der Waals surface area (Å²) in [6, 6.07) is 8.63. The topological polar surface area (TPSA) is 21.3 Å². The summed E-state index contributed by atoms with van der Waals surface area (Å²) in [6.07, 6.45) is 3.76. The smallest absolute Gasteiger partial charge is 0.119 e. The van der Waals surface area contributed by atoms with Gasteiger partial charge in [-0.05, 0) is 43.0 Å². The zero-order valence-electron chi connectivity index (χ0n) is 11.8. The van der Waals surface area contributed by atoms with Crippen LogP contribution in [-0.2, 0) is 5.41 Å². The zero-order valence-corrected chi connectivity index (χ0v) is 11.8. The lowest BCUT2D eigenvalue weighted by molar-refractivity contribution is 0.342. The highest BCUT2D eigenvalue weighted by molar-refractivity contribution is 5.35. The van der Waals surface area contributed by atoms with E-state index in [1.54, 1.807) is 7.11 Å². The minimum absolute atomic E-state index is 0.309. The highest BCUT2D eigenvalue weighted by Gasteiger charge is 2.36. The molecule has 1 aromatic carbocycles. The Bertz CT molecular complexity index is 382. The van der Waals surface area contributed by atoms with Crippen molar-refractivity contribution in [2.75, 3.05) is 20.2 Å². The average Bonchev–Trinajstić information content (AvgIpc) is 2.88. The van der Waals surface area contributed by atoms with Gasteiger partial charge in [0.1, 0.15) is 5.75 Å². The Morgan fingerprint density at radius 2 is 2.28 bits per heavy atom. The molecule has 2 atom stereocenters. The van der Waals surface area contributed by atoms with Crippen LogP contribution in [0.25, 0.3) is 0 Å². The molecule has 1 heterocycles. The molecule has 0 spiro atoms. The molecule has 1 N–H and O–H groups in total. The Kier molecular flexibility index (Phi) is 4.28. The third-order valence-corrected chi connectivity index (χ3v) is 4.36. The fraction of sp³-hybridized carbons (Fsp3) is 0.625. The van der Waals surface area contributed by atoms with Crippen molar-refractivity contribution in [2.45, 2.75) is 38.5 Å². The lowest BCUT2D eigenvalue weighted by atomic mass is 9.73. The Hall–Kier alpha value is -1.02. The summed E-state index contributed by atoms with van der Waals surface area (Å²) in [5, 5.41) is 3.54. The number of hydrogen-bond donors (Lipinski definition) is 1. The second-order valence-corrected chi connectivity index (χ2v) is 5.66. The van der Waals surface area contributed by atoms with E-state index in [1.807, 2.05) is 6.07 Å². The van der Waals surface area contributed by atoms with Crippen molar-refractivity contribution >= 4 is 0 Å². The second-order valence-electron chi connectivity index (χ2n) is 5.66. The Labute approximate surface area is 111 Å². The first kappa shape index (κ1) is 13.4. The Morgan fingerprint density at radius 3 is 2.89 bits per heavy atom. The van der Waals surface area contributed by atoms with Crippen molar-refractivity contribution in [2.24, 2.45) is 5.92 Å². The van der Waals surface area contributed by atoms with Crippen LogP contribution >= 0.6 is 0 Å². The van der Waals surface area contributed by atoms with Gasteiger partial charge in [-0.1, -0.05) is 32.4 Å². The van der Waals surface area contributed by atoms with Crippen LogP contribution in [0.1, 0.15) is 38.7 Å². The molecule has 2 nitrogen and oxygen atoms in total. The van der Waals surface area contributed by atoms with Crippen molar-refractivity contribution in [3.8, 4) is 5.75 Å². The normalized spacial score (nSPS) is 25.1. The molecule has 0 unspecified atom stereocenters. The van der Waals surface area contributed by atoms with Crippen LogP contribution in [0.15, 0.2) is 24.3 Å². The van der Waals surface area contributed by atoms with E-state index in [1.165, 1.54) is 24.8 Å². The summed E-state index contributed by atoms with van der Waals surface area (Å²) < 4.78 is 5.37. The third-order valence-electron chi connectivity index (χ3n) is 4.36. The van der Waals surface area contributed by atoms with E-state index in [-0.39, 0.29) is 0 Å². The van der Waals surface area contributed by atoms with E-state index in [4.69, 9.17) is 4.74 Å². The molecule has 2 heteroatoms. The molecular weight excluding hydrogens is 222 g/mol. The predicted molar refractivity (Wildman–Crippen MR) is 76.2 cm³/mol. The van der Waals surface area contributed by atoms with E-state index in [9.17, 15) is 0 Å². The van der Waals surface area contributed by atoms with Gasteiger partial charge in [0.2, 0.25) is 0 Å². The van der Waals surface area contributed by atoms with Gasteiger partial charge >= 0.3 is 0 Å². The maximum atomic E-state index is 5.37. The molecule has 18 heavy (non-hydrogen) atoms. The molecule has 0 amide bonds. The maximum Gasteiger partial charge on any atom is 0.119 e. The molecule has 0 aliphatic carbocycles. The summed E-state index contributed by atoms with van der Waals surface area (Å²) in [5.41, 5.74) is 1.75. The predicted octanol–water partition coefficient (Wildman–Crippen LogP) is 3.36. The second kappa shape index (κ2) is 5.75. The fourth-order valence-electron chi connectivity index (χ4n) is 3.05. The number of ether oxygens (including phenoxy) is 1. The average molecular weight is 247 g/mol. The summed E-state index contributed by atoms with van der Waals surface area (Å²) in [4.78, 5) is 0. The van der Waals surface area contributed by atoms with Crippen LogP contribution in [-0.4, -0.2) is 20.2 Å². The van der Waals surface area contributed by atoms with E-state index >= 15 is 0 Å². The summed E-state index contributed by atoms with van der Waals surface area (Å²) in [5.74, 6) is 1.75. The summed E-state index contributed by atoms with van der Waals surface area (Å²) in [7, 11) is 1.74. The molecule has 1 fully saturated rings. The molecule has 0 aromatic heterocycles. The zero-order chi connectivity index (χ0) is 13.0. The van der Waals surface area contributed by atoms with Gasteiger partial charge in [-0.3, -0.25) is 0 Å². The molecule has 2 rings (SSSR count). The van der Waals surface area contributed by atoms with Crippen LogP contribution in [0.4, 0.5) is 0 Å². The molecule has 1 saturated heterocycles. The van der Waals surface area contributed by atoms with Gasteiger partial charge in [-0.2, -0.15) is 0 Å². The first-order chi connectivity index (χ1) is 8.70. The monoisotopic (exact) mass is 247 g/mol. The number of methoxy groups -OCH3 is 1.